The fourth-order valence-electron chi connectivity index (χ4n) is 2.67. The van der Waals surface area contributed by atoms with Crippen molar-refractivity contribution in [2.24, 2.45) is 0 Å². The number of aromatic nitrogens is 2. The number of imidazole rings is 1. The molecule has 0 aliphatic carbocycles. The molecule has 0 saturated heterocycles. The molecule has 1 unspecified atom stereocenters. The van der Waals surface area contributed by atoms with Crippen molar-refractivity contribution in [2.75, 3.05) is 34.9 Å². The molecule has 2 aromatic rings. The van der Waals surface area contributed by atoms with Crippen LogP contribution in [0.1, 0.15) is 18.8 Å². The summed E-state index contributed by atoms with van der Waals surface area (Å²) >= 11 is 6.07. The van der Waals surface area contributed by atoms with E-state index in [2.05, 4.69) is 35.5 Å². The summed E-state index contributed by atoms with van der Waals surface area (Å²) in [5.74, 6) is 2.61. The van der Waals surface area contributed by atoms with Gasteiger partial charge in [-0.15, -0.1) is 11.6 Å². The molecule has 0 aliphatic rings. The van der Waals surface area contributed by atoms with Crippen LogP contribution in [0.5, 0.6) is 11.5 Å². The maximum absolute atomic E-state index is 6.07. The second-order valence-electron chi connectivity index (χ2n) is 5.34. The van der Waals surface area contributed by atoms with Gasteiger partial charge in [-0.3, -0.25) is 0 Å². The van der Waals surface area contributed by atoms with Gasteiger partial charge in [-0.25, -0.2) is 4.98 Å². The summed E-state index contributed by atoms with van der Waals surface area (Å²) in [7, 11) is 7.37. The molecule has 0 aliphatic heterocycles. The number of benzene rings is 1. The predicted octanol–water partition coefficient (Wildman–Crippen LogP) is 2.91. The lowest BCUT2D eigenvalue weighted by molar-refractivity contribution is 0.337. The third kappa shape index (κ3) is 3.09. The Bertz CT molecular complexity index is 625. The largest absolute Gasteiger partial charge is 0.493 e. The molecule has 1 heterocycles. The first kappa shape index (κ1) is 15.9. The van der Waals surface area contributed by atoms with Crippen LogP contribution in [0.25, 0.3) is 11.0 Å². The van der Waals surface area contributed by atoms with Crippen molar-refractivity contribution in [3.63, 3.8) is 0 Å². The second kappa shape index (κ2) is 6.54. The molecule has 1 aromatic heterocycles. The van der Waals surface area contributed by atoms with Gasteiger partial charge in [0.25, 0.3) is 0 Å². The Hall–Kier alpha value is -1.46. The smallest absolute Gasteiger partial charge is 0.163 e. The fourth-order valence-corrected chi connectivity index (χ4v) is 2.86. The minimum absolute atomic E-state index is 0.261. The van der Waals surface area contributed by atoms with E-state index in [1.165, 1.54) is 0 Å². The fraction of sp³-hybridized carbons (Fsp3) is 0.533. The van der Waals surface area contributed by atoms with Crippen LogP contribution in [0.3, 0.4) is 0 Å². The van der Waals surface area contributed by atoms with E-state index < -0.39 is 0 Å². The quantitative estimate of drug-likeness (QED) is 0.769. The first-order valence-electron chi connectivity index (χ1n) is 6.85. The molecule has 0 bridgehead atoms. The summed E-state index contributed by atoms with van der Waals surface area (Å²) in [5.41, 5.74) is 1.88. The van der Waals surface area contributed by atoms with Crippen LogP contribution in [0.2, 0.25) is 0 Å². The van der Waals surface area contributed by atoms with E-state index in [9.17, 15) is 0 Å². The Morgan fingerprint density at radius 1 is 1.24 bits per heavy atom. The van der Waals surface area contributed by atoms with E-state index in [0.717, 1.165) is 23.4 Å². The first-order valence-corrected chi connectivity index (χ1v) is 7.38. The summed E-state index contributed by atoms with van der Waals surface area (Å²) in [5, 5.41) is 0. The molecule has 0 saturated carbocycles. The minimum atomic E-state index is 0.261. The SMILES string of the molecule is COc1cc2nc(CCl)n(C(C)CN(C)C)c2cc1OC. The Balaban J connectivity index is 2.61. The van der Waals surface area contributed by atoms with Crippen LogP contribution in [-0.2, 0) is 5.88 Å². The van der Waals surface area contributed by atoms with Gasteiger partial charge >= 0.3 is 0 Å². The monoisotopic (exact) mass is 311 g/mol. The number of hydrogen-bond acceptors (Lipinski definition) is 4. The summed E-state index contributed by atoms with van der Waals surface area (Å²) in [6, 6.07) is 4.11. The van der Waals surface area contributed by atoms with E-state index in [-0.39, 0.29) is 6.04 Å². The van der Waals surface area contributed by atoms with Gasteiger partial charge in [0.2, 0.25) is 0 Å². The second-order valence-corrected chi connectivity index (χ2v) is 5.61. The van der Waals surface area contributed by atoms with Gasteiger partial charge in [0.05, 0.1) is 31.1 Å². The van der Waals surface area contributed by atoms with Crippen LogP contribution in [-0.4, -0.2) is 49.3 Å². The third-order valence-electron chi connectivity index (χ3n) is 3.46. The molecule has 6 heteroatoms. The van der Waals surface area contributed by atoms with E-state index in [0.29, 0.717) is 17.4 Å². The average Bonchev–Trinajstić information content (AvgIpc) is 2.82. The van der Waals surface area contributed by atoms with Gasteiger partial charge in [0.15, 0.2) is 11.5 Å². The molecular weight excluding hydrogens is 290 g/mol. The van der Waals surface area contributed by atoms with Gasteiger partial charge < -0.3 is 18.9 Å². The summed E-state index contributed by atoms with van der Waals surface area (Å²) < 4.78 is 12.9. The lowest BCUT2D eigenvalue weighted by Crippen LogP contribution is -2.23. The minimum Gasteiger partial charge on any atom is -0.493 e. The van der Waals surface area contributed by atoms with Crippen LogP contribution in [0, 0.1) is 0 Å². The zero-order valence-corrected chi connectivity index (χ0v) is 13.9. The molecule has 0 N–H and O–H groups in total. The molecule has 1 aromatic carbocycles. The van der Waals surface area contributed by atoms with Crippen molar-refractivity contribution < 1.29 is 9.47 Å². The lowest BCUT2D eigenvalue weighted by atomic mass is 10.2. The Labute approximate surface area is 130 Å². The summed E-state index contributed by atoms with van der Waals surface area (Å²) in [4.78, 5) is 6.77. The highest BCUT2D eigenvalue weighted by atomic mass is 35.5. The molecule has 0 amide bonds. The number of hydrogen-bond donors (Lipinski definition) is 0. The maximum atomic E-state index is 6.07. The van der Waals surface area contributed by atoms with E-state index in [4.69, 9.17) is 21.1 Å². The molecule has 0 spiro atoms. The molecule has 5 nitrogen and oxygen atoms in total. The van der Waals surface area contributed by atoms with Crippen molar-refractivity contribution in [1.29, 1.82) is 0 Å². The molecule has 0 fully saturated rings. The van der Waals surface area contributed by atoms with Gasteiger partial charge in [0.1, 0.15) is 5.82 Å². The number of alkyl halides is 1. The number of nitrogens with zero attached hydrogens (tertiary/aromatic N) is 3. The van der Waals surface area contributed by atoms with Crippen molar-refractivity contribution in [3.05, 3.63) is 18.0 Å². The number of methoxy groups -OCH3 is 2. The molecule has 21 heavy (non-hydrogen) atoms. The van der Waals surface area contributed by atoms with Gasteiger partial charge in [-0.1, -0.05) is 0 Å². The van der Waals surface area contributed by atoms with Crippen LogP contribution in [0.4, 0.5) is 0 Å². The molecule has 1 atom stereocenters. The van der Waals surface area contributed by atoms with Gasteiger partial charge in [-0.05, 0) is 21.0 Å². The molecular formula is C15H22ClN3O2. The molecule has 0 radical (unpaired) electrons. The van der Waals surface area contributed by atoms with Crippen molar-refractivity contribution in [2.45, 2.75) is 18.8 Å². The Kier molecular flexibility index (Phi) is 4.96. The number of likely N-dealkylation sites (N-methyl/N-ethyl adjacent to an activating group) is 1. The van der Waals surface area contributed by atoms with Gasteiger partial charge in [-0.2, -0.15) is 0 Å². The topological polar surface area (TPSA) is 39.5 Å². The van der Waals surface area contributed by atoms with E-state index in [1.54, 1.807) is 14.2 Å². The summed E-state index contributed by atoms with van der Waals surface area (Å²) in [6.45, 7) is 3.07. The third-order valence-corrected chi connectivity index (χ3v) is 3.70. The summed E-state index contributed by atoms with van der Waals surface area (Å²) in [6.07, 6.45) is 0. The maximum Gasteiger partial charge on any atom is 0.163 e. The van der Waals surface area contributed by atoms with E-state index >= 15 is 0 Å². The van der Waals surface area contributed by atoms with Gasteiger partial charge in [0, 0.05) is 24.7 Å². The highest BCUT2D eigenvalue weighted by Crippen LogP contribution is 2.34. The highest BCUT2D eigenvalue weighted by Gasteiger charge is 2.18. The van der Waals surface area contributed by atoms with Crippen molar-refractivity contribution in [1.82, 2.24) is 14.5 Å². The van der Waals surface area contributed by atoms with Crippen molar-refractivity contribution >= 4 is 22.6 Å². The van der Waals surface area contributed by atoms with Crippen LogP contribution >= 0.6 is 11.6 Å². The number of fused-ring (bicyclic) bond motifs is 1. The Morgan fingerprint density at radius 3 is 2.38 bits per heavy atom. The average molecular weight is 312 g/mol. The zero-order chi connectivity index (χ0) is 15.6. The highest BCUT2D eigenvalue weighted by molar-refractivity contribution is 6.16. The number of halogens is 1. The number of ether oxygens (including phenoxy) is 2. The van der Waals surface area contributed by atoms with Crippen molar-refractivity contribution in [3.8, 4) is 11.5 Å². The predicted molar refractivity (Wildman–Crippen MR) is 85.7 cm³/mol. The van der Waals surface area contributed by atoms with Crippen LogP contribution < -0.4 is 9.47 Å². The normalized spacial score (nSPS) is 12.9. The number of rotatable bonds is 6. The Morgan fingerprint density at radius 2 is 1.86 bits per heavy atom. The lowest BCUT2D eigenvalue weighted by Gasteiger charge is -2.21. The molecule has 2 rings (SSSR count). The molecule has 116 valence electrons. The van der Waals surface area contributed by atoms with E-state index in [1.807, 2.05) is 12.1 Å². The first-order chi connectivity index (χ1) is 10.0. The van der Waals surface area contributed by atoms with Crippen LogP contribution in [0.15, 0.2) is 12.1 Å². The standard InChI is InChI=1S/C15H22ClN3O2/c1-10(9-18(2)3)19-12-7-14(21-5)13(20-4)6-11(12)17-15(19)8-16/h6-7,10H,8-9H2,1-5H3. The zero-order valence-electron chi connectivity index (χ0n) is 13.2.